The van der Waals surface area contributed by atoms with Crippen LogP contribution in [0.3, 0.4) is 0 Å². The van der Waals surface area contributed by atoms with Crippen LogP contribution in [0.25, 0.3) is 10.1 Å². The van der Waals surface area contributed by atoms with E-state index in [-0.39, 0.29) is 5.91 Å². The minimum Gasteiger partial charge on any atom is -0.397 e. The van der Waals surface area contributed by atoms with Crippen LogP contribution in [0.2, 0.25) is 0 Å². The average molecular weight is 260 g/mol. The number of carbonyl (C=O) groups excluding carboxylic acids is 1. The van der Waals surface area contributed by atoms with E-state index >= 15 is 0 Å². The highest BCUT2D eigenvalue weighted by molar-refractivity contribution is 7.21. The van der Waals surface area contributed by atoms with Crippen molar-refractivity contribution in [2.75, 3.05) is 12.3 Å². The Morgan fingerprint density at radius 1 is 1.56 bits per heavy atom. The molecule has 0 saturated heterocycles. The van der Waals surface area contributed by atoms with Crippen LogP contribution in [0.5, 0.6) is 0 Å². The molecule has 4 heteroatoms. The van der Waals surface area contributed by atoms with Crippen molar-refractivity contribution in [3.05, 3.63) is 41.3 Å². The van der Waals surface area contributed by atoms with Gasteiger partial charge in [0.1, 0.15) is 4.88 Å². The zero-order valence-electron chi connectivity index (χ0n) is 10.3. The van der Waals surface area contributed by atoms with Gasteiger partial charge in [0.05, 0.1) is 5.69 Å². The van der Waals surface area contributed by atoms with E-state index in [9.17, 15) is 4.79 Å². The van der Waals surface area contributed by atoms with Crippen LogP contribution in [0.4, 0.5) is 5.69 Å². The van der Waals surface area contributed by atoms with Crippen LogP contribution in [0.15, 0.2) is 30.9 Å². The molecule has 3 nitrogen and oxygen atoms in total. The number of benzene rings is 1. The highest BCUT2D eigenvalue weighted by Crippen LogP contribution is 2.34. The Morgan fingerprint density at radius 3 is 3.06 bits per heavy atom. The van der Waals surface area contributed by atoms with E-state index in [1.165, 1.54) is 11.3 Å². The van der Waals surface area contributed by atoms with Gasteiger partial charge in [-0.05, 0) is 25.5 Å². The fourth-order valence-corrected chi connectivity index (χ4v) is 2.79. The Labute approximate surface area is 110 Å². The average Bonchev–Trinajstić information content (AvgIpc) is 2.67. The molecule has 0 unspecified atom stereocenters. The fourth-order valence-electron chi connectivity index (χ4n) is 1.77. The first-order chi connectivity index (χ1) is 8.63. The van der Waals surface area contributed by atoms with Gasteiger partial charge in [-0.15, -0.1) is 17.9 Å². The number of fused-ring (bicyclic) bond motifs is 1. The van der Waals surface area contributed by atoms with E-state index < -0.39 is 0 Å². The summed E-state index contributed by atoms with van der Waals surface area (Å²) in [5.41, 5.74) is 7.77. The maximum Gasteiger partial charge on any atom is 0.263 e. The third-order valence-electron chi connectivity index (χ3n) is 2.72. The number of nitrogen functional groups attached to an aromatic ring is 1. The maximum absolute atomic E-state index is 12.0. The van der Waals surface area contributed by atoms with Gasteiger partial charge < -0.3 is 11.1 Å². The molecule has 1 amide bonds. The number of anilines is 1. The Balaban J connectivity index is 2.31. The number of carbonyl (C=O) groups is 1. The summed E-state index contributed by atoms with van der Waals surface area (Å²) < 4.78 is 1.05. The first kappa shape index (κ1) is 12.6. The molecule has 1 aromatic heterocycles. The van der Waals surface area contributed by atoms with Crippen molar-refractivity contribution in [2.24, 2.45) is 0 Å². The second-order valence-corrected chi connectivity index (χ2v) is 5.23. The molecular weight excluding hydrogens is 244 g/mol. The predicted octanol–water partition coefficient (Wildman–Crippen LogP) is 3.10. The molecular formula is C14H16N2OS. The van der Waals surface area contributed by atoms with Crippen LogP contribution >= 0.6 is 11.3 Å². The van der Waals surface area contributed by atoms with Gasteiger partial charge in [0.2, 0.25) is 0 Å². The molecule has 0 aliphatic heterocycles. The lowest BCUT2D eigenvalue weighted by Gasteiger charge is -2.01. The van der Waals surface area contributed by atoms with Crippen molar-refractivity contribution in [1.82, 2.24) is 5.32 Å². The second kappa shape index (κ2) is 5.23. The zero-order valence-corrected chi connectivity index (χ0v) is 11.1. The van der Waals surface area contributed by atoms with Crippen LogP contribution in [0.1, 0.15) is 21.7 Å². The van der Waals surface area contributed by atoms with Gasteiger partial charge in [-0.3, -0.25) is 4.79 Å². The van der Waals surface area contributed by atoms with E-state index in [0.29, 0.717) is 17.1 Å². The van der Waals surface area contributed by atoms with Crippen molar-refractivity contribution in [3.63, 3.8) is 0 Å². The Hall–Kier alpha value is -1.81. The maximum atomic E-state index is 12.0. The number of aryl methyl sites for hydroxylation is 1. The van der Waals surface area contributed by atoms with E-state index in [2.05, 4.69) is 11.9 Å². The van der Waals surface area contributed by atoms with Crippen molar-refractivity contribution in [2.45, 2.75) is 13.3 Å². The minimum atomic E-state index is -0.104. The molecule has 0 saturated carbocycles. The number of hydrogen-bond donors (Lipinski definition) is 2. The Bertz CT molecular complexity index is 601. The quantitative estimate of drug-likeness (QED) is 0.655. The fraction of sp³-hybridized carbons (Fsp3) is 0.214. The van der Waals surface area contributed by atoms with Gasteiger partial charge in [-0.25, -0.2) is 0 Å². The van der Waals surface area contributed by atoms with Gasteiger partial charge in [0.25, 0.3) is 5.91 Å². The van der Waals surface area contributed by atoms with Crippen molar-refractivity contribution in [3.8, 4) is 0 Å². The molecule has 94 valence electrons. The summed E-state index contributed by atoms with van der Waals surface area (Å²) in [5.74, 6) is -0.104. The molecule has 2 aromatic rings. The monoisotopic (exact) mass is 260 g/mol. The number of hydrogen-bond acceptors (Lipinski definition) is 3. The molecule has 1 aromatic carbocycles. The highest BCUT2D eigenvalue weighted by atomic mass is 32.1. The van der Waals surface area contributed by atoms with Gasteiger partial charge >= 0.3 is 0 Å². The summed E-state index contributed by atoms with van der Waals surface area (Å²) in [6.07, 6.45) is 2.54. The van der Waals surface area contributed by atoms with Gasteiger partial charge in [0.15, 0.2) is 0 Å². The van der Waals surface area contributed by atoms with Crippen LogP contribution in [0, 0.1) is 6.92 Å². The smallest absolute Gasteiger partial charge is 0.263 e. The lowest BCUT2D eigenvalue weighted by molar-refractivity contribution is 0.0959. The van der Waals surface area contributed by atoms with Gasteiger partial charge in [-0.2, -0.15) is 0 Å². The molecule has 0 bridgehead atoms. The van der Waals surface area contributed by atoms with Crippen molar-refractivity contribution >= 4 is 33.0 Å². The molecule has 18 heavy (non-hydrogen) atoms. The lowest BCUT2D eigenvalue weighted by Crippen LogP contribution is -2.23. The number of thiophene rings is 1. The summed E-state index contributed by atoms with van der Waals surface area (Å²) in [4.78, 5) is 12.6. The van der Waals surface area contributed by atoms with Gasteiger partial charge in [0, 0.05) is 16.6 Å². The Morgan fingerprint density at radius 2 is 2.33 bits per heavy atom. The molecule has 0 spiro atoms. The van der Waals surface area contributed by atoms with Crippen LogP contribution in [-0.4, -0.2) is 12.5 Å². The zero-order chi connectivity index (χ0) is 13.1. The summed E-state index contributed by atoms with van der Waals surface area (Å²) in [6.45, 7) is 6.23. The van der Waals surface area contributed by atoms with Gasteiger partial charge in [-0.1, -0.05) is 17.7 Å². The molecule has 0 aliphatic carbocycles. The summed E-state index contributed by atoms with van der Waals surface area (Å²) in [7, 11) is 0. The molecule has 0 aliphatic rings. The second-order valence-electron chi connectivity index (χ2n) is 4.18. The van der Waals surface area contributed by atoms with Crippen molar-refractivity contribution < 1.29 is 4.79 Å². The van der Waals surface area contributed by atoms with E-state index in [4.69, 9.17) is 5.73 Å². The summed E-state index contributed by atoms with van der Waals surface area (Å²) in [5, 5.41) is 3.80. The van der Waals surface area contributed by atoms with E-state index in [0.717, 1.165) is 22.1 Å². The summed E-state index contributed by atoms with van der Waals surface area (Å²) >= 11 is 1.44. The van der Waals surface area contributed by atoms with Crippen molar-refractivity contribution in [1.29, 1.82) is 0 Å². The minimum absolute atomic E-state index is 0.104. The molecule has 1 heterocycles. The van der Waals surface area contributed by atoms with E-state index in [1.807, 2.05) is 25.1 Å². The normalized spacial score (nSPS) is 10.5. The molecule has 0 atom stereocenters. The summed E-state index contributed by atoms with van der Waals surface area (Å²) in [6, 6.07) is 6.05. The first-order valence-electron chi connectivity index (χ1n) is 5.81. The SMILES string of the molecule is C=CCCNC(=O)c1sc2ccc(C)cc2c1N. The first-order valence-corrected chi connectivity index (χ1v) is 6.63. The van der Waals surface area contributed by atoms with E-state index in [1.54, 1.807) is 6.08 Å². The predicted molar refractivity (Wildman–Crippen MR) is 78.1 cm³/mol. The number of nitrogens with one attached hydrogen (secondary N) is 1. The van der Waals surface area contributed by atoms with Crippen LogP contribution in [-0.2, 0) is 0 Å². The highest BCUT2D eigenvalue weighted by Gasteiger charge is 2.15. The lowest BCUT2D eigenvalue weighted by atomic mass is 10.1. The molecule has 2 rings (SSSR count). The molecule has 3 N–H and O–H groups in total. The molecule has 0 radical (unpaired) electrons. The van der Waals surface area contributed by atoms with Crippen LogP contribution < -0.4 is 11.1 Å². The third kappa shape index (κ3) is 2.38. The topological polar surface area (TPSA) is 55.1 Å². The largest absolute Gasteiger partial charge is 0.397 e. The Kier molecular flexibility index (Phi) is 3.67. The number of amides is 1. The number of nitrogens with two attached hydrogens (primary N) is 1. The third-order valence-corrected chi connectivity index (χ3v) is 3.91. The molecule has 0 fully saturated rings. The number of rotatable bonds is 4. The standard InChI is InChI=1S/C14H16N2OS/c1-3-4-7-16-14(17)13-12(15)10-8-9(2)5-6-11(10)18-13/h3,5-6,8H,1,4,7,15H2,2H3,(H,16,17).